The van der Waals surface area contributed by atoms with Gasteiger partial charge in [0.15, 0.2) is 0 Å². The van der Waals surface area contributed by atoms with Crippen LogP contribution in [0.15, 0.2) is 0 Å². The Kier molecular flexibility index (Phi) is 4.66. The molecule has 0 aliphatic heterocycles. The van der Waals surface area contributed by atoms with Crippen LogP contribution >= 0.6 is 0 Å². The lowest BCUT2D eigenvalue weighted by Crippen LogP contribution is -2.53. The van der Waals surface area contributed by atoms with Crippen molar-refractivity contribution in [1.82, 2.24) is 10.6 Å². The number of urea groups is 1. The molecule has 0 atom stereocenters. The fourth-order valence-corrected chi connectivity index (χ4v) is 0.993. The molecule has 3 N–H and O–H groups in total. The normalized spacial score (nSPS) is 11.0. The molecular weight excluding hydrogens is 156 g/mol. The number of aliphatic hydroxyl groups is 1. The number of aliphatic hydroxyl groups excluding tert-OH is 1. The fraction of sp³-hybridized carbons (Fsp3) is 0.875. The molecule has 0 saturated heterocycles. The Morgan fingerprint density at radius 2 is 1.92 bits per heavy atom. The Morgan fingerprint density at radius 3 is 2.17 bits per heavy atom. The van der Waals surface area contributed by atoms with E-state index in [1.807, 2.05) is 13.8 Å². The van der Waals surface area contributed by atoms with Gasteiger partial charge < -0.3 is 15.7 Å². The number of nitrogens with one attached hydrogen (secondary N) is 2. The van der Waals surface area contributed by atoms with Crippen molar-refractivity contribution in [2.75, 3.05) is 13.7 Å². The highest BCUT2D eigenvalue weighted by Gasteiger charge is 2.26. The summed E-state index contributed by atoms with van der Waals surface area (Å²) in [7, 11) is 1.56. The van der Waals surface area contributed by atoms with Gasteiger partial charge in [0.2, 0.25) is 0 Å². The zero-order valence-electron chi connectivity index (χ0n) is 7.98. The highest BCUT2D eigenvalue weighted by atomic mass is 16.3. The molecule has 4 nitrogen and oxygen atoms in total. The molecule has 0 bridgehead atoms. The predicted molar refractivity (Wildman–Crippen MR) is 48.0 cm³/mol. The van der Waals surface area contributed by atoms with E-state index < -0.39 is 5.54 Å². The Bertz CT molecular complexity index is 136. The van der Waals surface area contributed by atoms with Gasteiger partial charge in [0, 0.05) is 7.05 Å². The van der Waals surface area contributed by atoms with Crippen molar-refractivity contribution in [3.63, 3.8) is 0 Å². The zero-order valence-corrected chi connectivity index (χ0v) is 7.98. The lowest BCUT2D eigenvalue weighted by Gasteiger charge is -2.30. The first-order valence-corrected chi connectivity index (χ1v) is 4.25. The average molecular weight is 174 g/mol. The molecule has 0 aliphatic rings. The summed E-state index contributed by atoms with van der Waals surface area (Å²) in [6.45, 7) is 3.86. The van der Waals surface area contributed by atoms with Crippen LogP contribution in [0, 0.1) is 0 Å². The zero-order chi connectivity index (χ0) is 9.61. The molecule has 0 unspecified atom stereocenters. The van der Waals surface area contributed by atoms with Crippen molar-refractivity contribution in [3.05, 3.63) is 0 Å². The second-order valence-corrected chi connectivity index (χ2v) is 2.85. The number of hydrogen-bond acceptors (Lipinski definition) is 2. The first kappa shape index (κ1) is 11.2. The predicted octanol–water partition coefficient (Wildman–Crippen LogP) is 0.467. The lowest BCUT2D eigenvalue weighted by molar-refractivity contribution is 0.152. The van der Waals surface area contributed by atoms with E-state index >= 15 is 0 Å². The van der Waals surface area contributed by atoms with Crippen LogP contribution < -0.4 is 10.6 Å². The molecule has 0 fully saturated rings. The summed E-state index contributed by atoms with van der Waals surface area (Å²) in [5, 5.41) is 14.3. The lowest BCUT2D eigenvalue weighted by atomic mass is 9.94. The first-order chi connectivity index (χ1) is 5.64. The summed E-state index contributed by atoms with van der Waals surface area (Å²) < 4.78 is 0. The Balaban J connectivity index is 4.19. The van der Waals surface area contributed by atoms with Crippen LogP contribution in [0.4, 0.5) is 4.79 Å². The van der Waals surface area contributed by atoms with Crippen LogP contribution in [0.1, 0.15) is 26.7 Å². The van der Waals surface area contributed by atoms with E-state index in [4.69, 9.17) is 5.11 Å². The van der Waals surface area contributed by atoms with E-state index in [1.54, 1.807) is 7.05 Å². The molecule has 4 heteroatoms. The number of hydrogen-bond donors (Lipinski definition) is 3. The van der Waals surface area contributed by atoms with Gasteiger partial charge >= 0.3 is 6.03 Å². The van der Waals surface area contributed by atoms with Crippen LogP contribution in [0.2, 0.25) is 0 Å². The van der Waals surface area contributed by atoms with Gasteiger partial charge in [-0.3, -0.25) is 0 Å². The van der Waals surface area contributed by atoms with Crippen molar-refractivity contribution in [3.8, 4) is 0 Å². The fourth-order valence-electron chi connectivity index (χ4n) is 0.993. The van der Waals surface area contributed by atoms with Crippen molar-refractivity contribution in [2.24, 2.45) is 0 Å². The maximum absolute atomic E-state index is 11.0. The largest absolute Gasteiger partial charge is 0.394 e. The van der Waals surface area contributed by atoms with Gasteiger partial charge in [-0.2, -0.15) is 0 Å². The van der Waals surface area contributed by atoms with Crippen molar-refractivity contribution in [1.29, 1.82) is 0 Å². The van der Waals surface area contributed by atoms with Crippen LogP contribution in [0.25, 0.3) is 0 Å². The summed E-state index contributed by atoms with van der Waals surface area (Å²) in [5.41, 5.74) is -0.458. The average Bonchev–Trinajstić information content (AvgIpc) is 2.14. The number of amides is 2. The molecule has 0 spiro atoms. The number of rotatable bonds is 4. The molecule has 0 heterocycles. The number of carbonyl (C=O) groups excluding carboxylic acids is 1. The van der Waals surface area contributed by atoms with Gasteiger partial charge in [-0.15, -0.1) is 0 Å². The maximum atomic E-state index is 11.0. The van der Waals surface area contributed by atoms with Crippen molar-refractivity contribution >= 4 is 6.03 Å². The van der Waals surface area contributed by atoms with E-state index in [0.29, 0.717) is 0 Å². The molecule has 72 valence electrons. The van der Waals surface area contributed by atoms with Crippen LogP contribution in [-0.2, 0) is 0 Å². The molecule has 0 radical (unpaired) electrons. The second-order valence-electron chi connectivity index (χ2n) is 2.85. The Hall–Kier alpha value is -0.770. The van der Waals surface area contributed by atoms with Crippen LogP contribution in [0.5, 0.6) is 0 Å². The summed E-state index contributed by atoms with van der Waals surface area (Å²) in [5.74, 6) is 0. The Labute approximate surface area is 73.3 Å². The molecular formula is C8H18N2O2. The summed E-state index contributed by atoms with van der Waals surface area (Å²) in [6.07, 6.45) is 1.46. The van der Waals surface area contributed by atoms with E-state index in [9.17, 15) is 4.79 Å². The molecule has 2 amide bonds. The molecule has 12 heavy (non-hydrogen) atoms. The van der Waals surface area contributed by atoms with E-state index in [1.165, 1.54) is 0 Å². The van der Waals surface area contributed by atoms with E-state index in [2.05, 4.69) is 10.6 Å². The summed E-state index contributed by atoms with van der Waals surface area (Å²) >= 11 is 0. The third-order valence-corrected chi connectivity index (χ3v) is 2.26. The molecule has 0 aliphatic carbocycles. The first-order valence-electron chi connectivity index (χ1n) is 4.25. The third kappa shape index (κ3) is 2.70. The standard InChI is InChI=1S/C8H18N2O2/c1-4-8(5-2,6-11)10-7(12)9-3/h11H,4-6H2,1-3H3,(H2,9,10,12). The second kappa shape index (κ2) is 4.98. The smallest absolute Gasteiger partial charge is 0.315 e. The summed E-state index contributed by atoms with van der Waals surface area (Å²) in [4.78, 5) is 11.0. The molecule has 0 aromatic rings. The minimum absolute atomic E-state index is 0.0204. The van der Waals surface area contributed by atoms with Crippen molar-refractivity contribution in [2.45, 2.75) is 32.2 Å². The monoisotopic (exact) mass is 174 g/mol. The number of carbonyl (C=O) groups is 1. The maximum Gasteiger partial charge on any atom is 0.315 e. The van der Waals surface area contributed by atoms with Gasteiger partial charge in [0.05, 0.1) is 12.1 Å². The highest BCUT2D eigenvalue weighted by Crippen LogP contribution is 2.13. The van der Waals surface area contributed by atoms with Gasteiger partial charge in [-0.1, -0.05) is 13.8 Å². The van der Waals surface area contributed by atoms with Gasteiger partial charge in [0.25, 0.3) is 0 Å². The van der Waals surface area contributed by atoms with E-state index in [0.717, 1.165) is 12.8 Å². The third-order valence-electron chi connectivity index (χ3n) is 2.26. The van der Waals surface area contributed by atoms with E-state index in [-0.39, 0.29) is 12.6 Å². The SMILES string of the molecule is CCC(CC)(CO)NC(=O)NC. The van der Waals surface area contributed by atoms with Gasteiger partial charge in [-0.05, 0) is 12.8 Å². The highest BCUT2D eigenvalue weighted by molar-refractivity contribution is 5.74. The molecule has 0 aromatic carbocycles. The topological polar surface area (TPSA) is 61.4 Å². The van der Waals surface area contributed by atoms with Crippen LogP contribution in [-0.4, -0.2) is 30.3 Å². The van der Waals surface area contributed by atoms with Crippen molar-refractivity contribution < 1.29 is 9.90 Å². The molecule has 0 rings (SSSR count). The van der Waals surface area contributed by atoms with Gasteiger partial charge in [0.1, 0.15) is 0 Å². The molecule has 0 aromatic heterocycles. The Morgan fingerprint density at radius 1 is 1.42 bits per heavy atom. The van der Waals surface area contributed by atoms with Crippen LogP contribution in [0.3, 0.4) is 0 Å². The minimum Gasteiger partial charge on any atom is -0.394 e. The minimum atomic E-state index is -0.458. The van der Waals surface area contributed by atoms with Gasteiger partial charge in [-0.25, -0.2) is 4.79 Å². The quantitative estimate of drug-likeness (QED) is 0.580. The molecule has 0 saturated carbocycles. The summed E-state index contributed by atoms with van der Waals surface area (Å²) in [6, 6.07) is -0.243.